The molecular formula is C16H22BrN3O. The molecule has 1 heterocycles. The summed E-state index contributed by atoms with van der Waals surface area (Å²) in [5, 5.41) is 7.75. The van der Waals surface area contributed by atoms with Gasteiger partial charge >= 0.3 is 0 Å². The topological polar surface area (TPSA) is 39.1 Å². The fourth-order valence-electron chi connectivity index (χ4n) is 2.04. The quantitative estimate of drug-likeness (QED) is 0.851. The number of halogens is 1. The van der Waals surface area contributed by atoms with Crippen LogP contribution in [0.4, 0.5) is 0 Å². The summed E-state index contributed by atoms with van der Waals surface area (Å²) >= 11 is 3.51. The fourth-order valence-corrected chi connectivity index (χ4v) is 2.42. The van der Waals surface area contributed by atoms with Crippen molar-refractivity contribution in [3.63, 3.8) is 0 Å². The van der Waals surface area contributed by atoms with Crippen LogP contribution in [0.3, 0.4) is 0 Å². The van der Waals surface area contributed by atoms with Crippen LogP contribution in [-0.4, -0.2) is 16.8 Å². The number of nitrogens with zero attached hydrogens (tertiary/aromatic N) is 2. The number of rotatable bonds is 6. The molecule has 0 aliphatic carbocycles. The van der Waals surface area contributed by atoms with Gasteiger partial charge in [-0.3, -0.25) is 4.68 Å². The second kappa shape index (κ2) is 7.09. The molecule has 0 saturated heterocycles. The molecule has 1 aromatic carbocycles. The van der Waals surface area contributed by atoms with Gasteiger partial charge in [-0.05, 0) is 52.1 Å². The maximum absolute atomic E-state index is 5.96. The molecule has 0 amide bonds. The molecule has 114 valence electrons. The van der Waals surface area contributed by atoms with Crippen molar-refractivity contribution < 1.29 is 4.74 Å². The molecule has 0 saturated carbocycles. The summed E-state index contributed by atoms with van der Waals surface area (Å²) < 4.78 is 8.95. The highest BCUT2D eigenvalue weighted by Crippen LogP contribution is 2.29. The number of hydrogen-bond donors (Lipinski definition) is 1. The van der Waals surface area contributed by atoms with Gasteiger partial charge in [-0.25, -0.2) is 0 Å². The van der Waals surface area contributed by atoms with E-state index in [1.165, 1.54) is 0 Å². The minimum absolute atomic E-state index is 0.228. The van der Waals surface area contributed by atoms with E-state index in [1.807, 2.05) is 36.1 Å². The van der Waals surface area contributed by atoms with Gasteiger partial charge in [0.1, 0.15) is 12.4 Å². The van der Waals surface area contributed by atoms with Crippen molar-refractivity contribution in [2.45, 2.75) is 39.5 Å². The predicted molar refractivity (Wildman–Crippen MR) is 88.6 cm³/mol. The molecule has 0 aliphatic rings. The molecule has 0 aliphatic heterocycles. The summed E-state index contributed by atoms with van der Waals surface area (Å²) in [4.78, 5) is 0. The Kier molecular flexibility index (Phi) is 5.42. The van der Waals surface area contributed by atoms with Gasteiger partial charge in [0.2, 0.25) is 0 Å². The van der Waals surface area contributed by atoms with Gasteiger partial charge in [-0.2, -0.15) is 5.10 Å². The van der Waals surface area contributed by atoms with Crippen LogP contribution >= 0.6 is 15.9 Å². The first-order chi connectivity index (χ1) is 10.0. The summed E-state index contributed by atoms with van der Waals surface area (Å²) in [5.41, 5.74) is 2.07. The molecule has 1 N–H and O–H groups in total. The van der Waals surface area contributed by atoms with Gasteiger partial charge in [0.25, 0.3) is 0 Å². The lowest BCUT2D eigenvalue weighted by molar-refractivity contribution is 0.293. The second-order valence-corrected chi connectivity index (χ2v) is 6.28. The molecule has 4 nitrogen and oxygen atoms in total. The fraction of sp³-hybridized carbons (Fsp3) is 0.438. The number of ether oxygens (including phenoxy) is 1. The van der Waals surface area contributed by atoms with Gasteiger partial charge in [0.15, 0.2) is 0 Å². The van der Waals surface area contributed by atoms with E-state index in [-0.39, 0.29) is 6.04 Å². The maximum atomic E-state index is 5.96. The van der Waals surface area contributed by atoms with E-state index in [2.05, 4.69) is 53.2 Å². The van der Waals surface area contributed by atoms with E-state index in [4.69, 9.17) is 4.74 Å². The van der Waals surface area contributed by atoms with E-state index in [0.717, 1.165) is 21.5 Å². The number of nitrogens with one attached hydrogen (secondary N) is 1. The van der Waals surface area contributed by atoms with Crippen molar-refractivity contribution in [2.75, 3.05) is 7.05 Å². The first-order valence-corrected chi connectivity index (χ1v) is 7.94. The molecule has 2 rings (SSSR count). The first kappa shape index (κ1) is 16.0. The van der Waals surface area contributed by atoms with E-state index in [9.17, 15) is 0 Å². The monoisotopic (exact) mass is 351 g/mol. The van der Waals surface area contributed by atoms with E-state index < -0.39 is 0 Å². The summed E-state index contributed by atoms with van der Waals surface area (Å²) in [6.07, 6.45) is 1.99. The zero-order valence-electron chi connectivity index (χ0n) is 12.9. The normalized spacial score (nSPS) is 12.7. The molecule has 0 radical (unpaired) electrons. The molecule has 0 spiro atoms. The van der Waals surface area contributed by atoms with Crippen molar-refractivity contribution in [3.8, 4) is 5.75 Å². The molecule has 1 unspecified atom stereocenters. The summed E-state index contributed by atoms with van der Waals surface area (Å²) in [7, 11) is 1.94. The molecule has 5 heteroatoms. The lowest BCUT2D eigenvalue weighted by atomic mass is 10.1. The van der Waals surface area contributed by atoms with Crippen molar-refractivity contribution in [2.24, 2.45) is 0 Å². The molecule has 21 heavy (non-hydrogen) atoms. The lowest BCUT2D eigenvalue weighted by Crippen LogP contribution is -2.14. The Bertz CT molecular complexity index is 595. The summed E-state index contributed by atoms with van der Waals surface area (Å²) in [6, 6.07) is 8.67. The van der Waals surface area contributed by atoms with Crippen LogP contribution in [0.5, 0.6) is 5.75 Å². The number of hydrogen-bond acceptors (Lipinski definition) is 3. The highest BCUT2D eigenvalue weighted by Gasteiger charge is 2.11. The Labute approximate surface area is 134 Å². The molecule has 0 fully saturated rings. The summed E-state index contributed by atoms with van der Waals surface area (Å²) in [6.45, 7) is 6.81. The zero-order chi connectivity index (χ0) is 15.4. The number of aromatic nitrogens is 2. The van der Waals surface area contributed by atoms with Crippen LogP contribution in [0.25, 0.3) is 0 Å². The largest absolute Gasteiger partial charge is 0.487 e. The van der Waals surface area contributed by atoms with Crippen LogP contribution in [0.15, 0.2) is 34.9 Å². The Morgan fingerprint density at radius 3 is 2.67 bits per heavy atom. The van der Waals surface area contributed by atoms with Gasteiger partial charge in [-0.1, -0.05) is 15.9 Å². The SMILES string of the molecule is CNC(C)c1cc(Br)ccc1OCc1ccn(C(C)C)n1. The van der Waals surface area contributed by atoms with Crippen LogP contribution < -0.4 is 10.1 Å². The van der Waals surface area contributed by atoms with Crippen LogP contribution in [-0.2, 0) is 6.61 Å². The predicted octanol–water partition coefficient (Wildman–Crippen LogP) is 4.09. The minimum atomic E-state index is 0.228. The Balaban J connectivity index is 2.11. The smallest absolute Gasteiger partial charge is 0.132 e. The molecule has 0 bridgehead atoms. The first-order valence-electron chi connectivity index (χ1n) is 7.14. The molecule has 1 atom stereocenters. The molecular weight excluding hydrogens is 330 g/mol. The highest BCUT2D eigenvalue weighted by atomic mass is 79.9. The standard InChI is InChI=1S/C16H22BrN3O/c1-11(2)20-8-7-14(19-20)10-21-16-6-5-13(17)9-15(16)12(3)18-4/h5-9,11-12,18H,10H2,1-4H3. The van der Waals surface area contributed by atoms with Crippen molar-refractivity contribution in [1.82, 2.24) is 15.1 Å². The Hall–Kier alpha value is -1.33. The Morgan fingerprint density at radius 2 is 2.05 bits per heavy atom. The van der Waals surface area contributed by atoms with Crippen LogP contribution in [0.2, 0.25) is 0 Å². The number of benzene rings is 1. The average molecular weight is 352 g/mol. The average Bonchev–Trinajstić information content (AvgIpc) is 2.94. The maximum Gasteiger partial charge on any atom is 0.132 e. The Morgan fingerprint density at radius 1 is 1.29 bits per heavy atom. The highest BCUT2D eigenvalue weighted by molar-refractivity contribution is 9.10. The van der Waals surface area contributed by atoms with Crippen LogP contribution in [0, 0.1) is 0 Å². The van der Waals surface area contributed by atoms with E-state index in [1.54, 1.807) is 0 Å². The third-order valence-corrected chi connectivity index (χ3v) is 3.93. The summed E-state index contributed by atoms with van der Waals surface area (Å²) in [5.74, 6) is 0.888. The third kappa shape index (κ3) is 4.08. The van der Waals surface area contributed by atoms with E-state index >= 15 is 0 Å². The van der Waals surface area contributed by atoms with Crippen LogP contribution in [0.1, 0.15) is 44.1 Å². The van der Waals surface area contributed by atoms with E-state index in [0.29, 0.717) is 12.6 Å². The van der Waals surface area contributed by atoms with Crippen molar-refractivity contribution in [1.29, 1.82) is 0 Å². The second-order valence-electron chi connectivity index (χ2n) is 5.36. The lowest BCUT2D eigenvalue weighted by Gasteiger charge is -2.16. The molecule has 2 aromatic rings. The zero-order valence-corrected chi connectivity index (χ0v) is 14.5. The van der Waals surface area contributed by atoms with Gasteiger partial charge < -0.3 is 10.1 Å². The van der Waals surface area contributed by atoms with Gasteiger partial charge in [0, 0.05) is 28.3 Å². The minimum Gasteiger partial charge on any atom is -0.487 e. The molecule has 1 aromatic heterocycles. The third-order valence-electron chi connectivity index (χ3n) is 3.44. The van der Waals surface area contributed by atoms with Gasteiger partial charge in [-0.15, -0.1) is 0 Å². The van der Waals surface area contributed by atoms with Gasteiger partial charge in [0.05, 0.1) is 5.69 Å². The van der Waals surface area contributed by atoms with Crippen molar-refractivity contribution >= 4 is 15.9 Å². The van der Waals surface area contributed by atoms with Crippen molar-refractivity contribution in [3.05, 3.63) is 46.2 Å².